The van der Waals surface area contributed by atoms with E-state index in [2.05, 4.69) is 29.3 Å². The average molecular weight is 263 g/mol. The summed E-state index contributed by atoms with van der Waals surface area (Å²) < 4.78 is 5.43. The molecule has 1 saturated carbocycles. The van der Waals surface area contributed by atoms with Crippen LogP contribution in [0, 0.1) is 5.41 Å². The molecule has 2 aliphatic rings. The van der Waals surface area contributed by atoms with Gasteiger partial charge in [0, 0.05) is 18.4 Å². The van der Waals surface area contributed by atoms with Crippen LogP contribution in [0.5, 0.6) is 0 Å². The van der Waals surface area contributed by atoms with Crippen molar-refractivity contribution in [3.8, 4) is 0 Å². The van der Waals surface area contributed by atoms with Crippen molar-refractivity contribution in [2.45, 2.75) is 70.8 Å². The molecule has 2 heterocycles. The molecule has 1 aromatic heterocycles. The first kappa shape index (κ1) is 13.1. The molecule has 19 heavy (non-hydrogen) atoms. The van der Waals surface area contributed by atoms with Gasteiger partial charge >= 0.3 is 0 Å². The van der Waals surface area contributed by atoms with Crippen LogP contribution < -0.4 is 5.32 Å². The van der Waals surface area contributed by atoms with E-state index in [0.717, 1.165) is 24.7 Å². The van der Waals surface area contributed by atoms with Crippen molar-refractivity contribution >= 4 is 0 Å². The largest absolute Gasteiger partial charge is 0.339 e. The summed E-state index contributed by atoms with van der Waals surface area (Å²) in [7, 11) is 0. The van der Waals surface area contributed by atoms with Gasteiger partial charge < -0.3 is 9.84 Å². The molecule has 4 heteroatoms. The van der Waals surface area contributed by atoms with E-state index in [1.807, 2.05) is 0 Å². The molecule has 106 valence electrons. The fraction of sp³-hybridized carbons (Fsp3) is 0.867. The zero-order valence-corrected chi connectivity index (χ0v) is 12.1. The number of rotatable bonds is 3. The fourth-order valence-corrected chi connectivity index (χ4v) is 3.32. The highest BCUT2D eigenvalue weighted by atomic mass is 16.5. The summed E-state index contributed by atoms with van der Waals surface area (Å²) in [6.45, 7) is 5.84. The minimum Gasteiger partial charge on any atom is -0.339 e. The third-order valence-electron chi connectivity index (χ3n) is 4.77. The van der Waals surface area contributed by atoms with Crippen molar-refractivity contribution in [1.82, 2.24) is 15.5 Å². The highest BCUT2D eigenvalue weighted by molar-refractivity contribution is 5.00. The van der Waals surface area contributed by atoms with Crippen LogP contribution in [0.4, 0.5) is 0 Å². The molecule has 1 atom stereocenters. The van der Waals surface area contributed by atoms with Crippen LogP contribution in [-0.4, -0.2) is 22.7 Å². The lowest BCUT2D eigenvalue weighted by molar-refractivity contribution is 0.218. The van der Waals surface area contributed by atoms with Crippen molar-refractivity contribution in [3.05, 3.63) is 11.7 Å². The van der Waals surface area contributed by atoms with E-state index in [-0.39, 0.29) is 0 Å². The molecule has 4 nitrogen and oxygen atoms in total. The van der Waals surface area contributed by atoms with E-state index < -0.39 is 0 Å². The number of hydrogen-bond donors (Lipinski definition) is 1. The Hall–Kier alpha value is -0.900. The maximum Gasteiger partial charge on any atom is 0.228 e. The second-order valence-corrected chi connectivity index (χ2v) is 6.98. The molecule has 1 aromatic rings. The van der Waals surface area contributed by atoms with Crippen LogP contribution in [0.15, 0.2) is 4.52 Å². The molecule has 1 unspecified atom stereocenters. The second-order valence-electron chi connectivity index (χ2n) is 6.98. The molecule has 0 bridgehead atoms. The molecule has 0 aromatic carbocycles. The van der Waals surface area contributed by atoms with Gasteiger partial charge in [-0.15, -0.1) is 0 Å². The van der Waals surface area contributed by atoms with Gasteiger partial charge in [-0.2, -0.15) is 4.98 Å². The molecule has 1 aliphatic heterocycles. The van der Waals surface area contributed by atoms with E-state index in [9.17, 15) is 0 Å². The Morgan fingerprint density at radius 2 is 2.05 bits per heavy atom. The molecular weight excluding hydrogens is 238 g/mol. The monoisotopic (exact) mass is 263 g/mol. The number of nitrogens with zero attached hydrogens (tertiary/aromatic N) is 2. The summed E-state index contributed by atoms with van der Waals surface area (Å²) in [6.07, 6.45) is 8.34. The average Bonchev–Trinajstić information content (AvgIpc) is 3.01. The molecule has 1 N–H and O–H groups in total. The fourth-order valence-electron chi connectivity index (χ4n) is 3.32. The van der Waals surface area contributed by atoms with Gasteiger partial charge in [0.1, 0.15) is 0 Å². The summed E-state index contributed by atoms with van der Waals surface area (Å²) in [5, 5.41) is 7.69. The summed E-state index contributed by atoms with van der Waals surface area (Å²) >= 11 is 0. The van der Waals surface area contributed by atoms with Crippen molar-refractivity contribution in [2.24, 2.45) is 5.41 Å². The first-order valence-corrected chi connectivity index (χ1v) is 7.68. The van der Waals surface area contributed by atoms with Gasteiger partial charge in [0.15, 0.2) is 5.82 Å². The SMILES string of the molecule is CC1(C)CCC(c2noc(CC3CCCN3)n2)CC1. The van der Waals surface area contributed by atoms with Crippen LogP contribution in [0.2, 0.25) is 0 Å². The summed E-state index contributed by atoms with van der Waals surface area (Å²) in [4.78, 5) is 4.63. The lowest BCUT2D eigenvalue weighted by Crippen LogP contribution is -2.24. The topological polar surface area (TPSA) is 51.0 Å². The Labute approximate surface area is 115 Å². The molecule has 0 amide bonds. The smallest absolute Gasteiger partial charge is 0.228 e. The maximum atomic E-state index is 5.43. The highest BCUT2D eigenvalue weighted by Crippen LogP contribution is 2.41. The van der Waals surface area contributed by atoms with E-state index >= 15 is 0 Å². The summed E-state index contributed by atoms with van der Waals surface area (Å²) in [5.74, 6) is 2.28. The molecule has 2 fully saturated rings. The Kier molecular flexibility index (Phi) is 3.61. The van der Waals surface area contributed by atoms with Crippen LogP contribution in [0.25, 0.3) is 0 Å². The molecule has 0 spiro atoms. The van der Waals surface area contributed by atoms with Gasteiger partial charge in [0.25, 0.3) is 0 Å². The summed E-state index contributed by atoms with van der Waals surface area (Å²) in [5.41, 5.74) is 0.497. The molecule has 1 saturated heterocycles. The Balaban J connectivity index is 1.58. The minimum atomic E-state index is 0.497. The Morgan fingerprint density at radius 1 is 1.26 bits per heavy atom. The standard InChI is InChI=1S/C15H25N3O/c1-15(2)7-5-11(6-8-15)14-17-13(19-18-14)10-12-4-3-9-16-12/h11-12,16H,3-10H2,1-2H3. The molecule has 0 radical (unpaired) electrons. The van der Waals surface area contributed by atoms with E-state index in [1.165, 1.54) is 38.5 Å². The third-order valence-corrected chi connectivity index (χ3v) is 4.77. The lowest BCUT2D eigenvalue weighted by Gasteiger charge is -2.32. The van der Waals surface area contributed by atoms with Crippen molar-refractivity contribution in [1.29, 1.82) is 0 Å². The molecule has 1 aliphatic carbocycles. The highest BCUT2D eigenvalue weighted by Gasteiger charge is 2.30. The first-order chi connectivity index (χ1) is 9.12. The first-order valence-electron chi connectivity index (χ1n) is 7.68. The van der Waals surface area contributed by atoms with Crippen LogP contribution in [-0.2, 0) is 6.42 Å². The van der Waals surface area contributed by atoms with Gasteiger partial charge in [-0.05, 0) is 50.5 Å². The van der Waals surface area contributed by atoms with Gasteiger partial charge in [0.2, 0.25) is 5.89 Å². The van der Waals surface area contributed by atoms with E-state index in [0.29, 0.717) is 17.4 Å². The van der Waals surface area contributed by atoms with Gasteiger partial charge in [-0.1, -0.05) is 19.0 Å². The van der Waals surface area contributed by atoms with Gasteiger partial charge in [-0.3, -0.25) is 0 Å². The lowest BCUT2D eigenvalue weighted by atomic mass is 9.73. The predicted octanol–water partition coefficient (Wildman–Crippen LogP) is 3.05. The number of nitrogens with one attached hydrogen (secondary N) is 1. The van der Waals surface area contributed by atoms with Crippen molar-refractivity contribution < 1.29 is 4.52 Å². The van der Waals surface area contributed by atoms with Gasteiger partial charge in [0.05, 0.1) is 0 Å². The Bertz CT molecular complexity index is 411. The second kappa shape index (κ2) is 5.23. The number of hydrogen-bond acceptors (Lipinski definition) is 4. The van der Waals surface area contributed by atoms with Gasteiger partial charge in [-0.25, -0.2) is 0 Å². The predicted molar refractivity (Wildman–Crippen MR) is 74.0 cm³/mol. The maximum absolute atomic E-state index is 5.43. The zero-order chi connectivity index (χ0) is 13.3. The zero-order valence-electron chi connectivity index (χ0n) is 12.1. The third kappa shape index (κ3) is 3.16. The van der Waals surface area contributed by atoms with Crippen LogP contribution in [0.1, 0.15) is 70.0 Å². The van der Waals surface area contributed by atoms with E-state index in [4.69, 9.17) is 4.52 Å². The van der Waals surface area contributed by atoms with Crippen molar-refractivity contribution in [3.63, 3.8) is 0 Å². The molecular formula is C15H25N3O. The minimum absolute atomic E-state index is 0.497. The van der Waals surface area contributed by atoms with Crippen LogP contribution >= 0.6 is 0 Å². The number of aromatic nitrogens is 2. The van der Waals surface area contributed by atoms with Crippen molar-refractivity contribution in [2.75, 3.05) is 6.54 Å². The van der Waals surface area contributed by atoms with Crippen LogP contribution in [0.3, 0.4) is 0 Å². The normalized spacial score (nSPS) is 27.8. The Morgan fingerprint density at radius 3 is 2.74 bits per heavy atom. The van der Waals surface area contributed by atoms with E-state index in [1.54, 1.807) is 0 Å². The molecule has 3 rings (SSSR count). The quantitative estimate of drug-likeness (QED) is 0.910. The summed E-state index contributed by atoms with van der Waals surface area (Å²) in [6, 6.07) is 0.540.